The lowest BCUT2D eigenvalue weighted by atomic mass is 10.0. The van der Waals surface area contributed by atoms with Gasteiger partial charge in [-0.25, -0.2) is 0 Å². The van der Waals surface area contributed by atoms with Crippen LogP contribution in [0.5, 0.6) is 5.75 Å². The molecule has 3 nitrogen and oxygen atoms in total. The topological polar surface area (TPSA) is 43.4 Å². The quantitative estimate of drug-likeness (QED) is 0.613. The first kappa shape index (κ1) is 16.3. The van der Waals surface area contributed by atoms with Crippen LogP contribution >= 0.6 is 11.8 Å². The largest absolute Gasteiger partial charge is 0.427 e. The molecule has 2 aromatic rings. The van der Waals surface area contributed by atoms with Crippen LogP contribution in [0.3, 0.4) is 0 Å². The van der Waals surface area contributed by atoms with Crippen LogP contribution < -0.4 is 4.74 Å². The van der Waals surface area contributed by atoms with Crippen molar-refractivity contribution in [2.24, 2.45) is 0 Å². The van der Waals surface area contributed by atoms with E-state index in [4.69, 9.17) is 4.74 Å². The van der Waals surface area contributed by atoms with Gasteiger partial charge in [0, 0.05) is 12.7 Å². The second-order valence-electron chi connectivity index (χ2n) is 4.98. The number of hydrogen-bond acceptors (Lipinski definition) is 4. The molecule has 2 rings (SSSR count). The average Bonchev–Trinajstić information content (AvgIpc) is 2.53. The monoisotopic (exact) mass is 314 g/mol. The van der Waals surface area contributed by atoms with Gasteiger partial charge in [-0.15, -0.1) is 0 Å². The highest BCUT2D eigenvalue weighted by atomic mass is 32.2. The van der Waals surface area contributed by atoms with Gasteiger partial charge in [0.2, 0.25) is 0 Å². The van der Waals surface area contributed by atoms with Gasteiger partial charge in [0.1, 0.15) is 5.75 Å². The molecule has 0 saturated carbocycles. The smallest absolute Gasteiger partial charge is 0.308 e. The molecule has 4 heteroatoms. The first-order valence-corrected chi connectivity index (χ1v) is 8.04. The average molecular weight is 314 g/mol. The molecule has 0 aliphatic carbocycles. The van der Waals surface area contributed by atoms with Gasteiger partial charge in [0.25, 0.3) is 0 Å². The van der Waals surface area contributed by atoms with E-state index < -0.39 is 0 Å². The molecule has 1 atom stereocenters. The normalized spacial score (nSPS) is 11.7. The summed E-state index contributed by atoms with van der Waals surface area (Å²) in [4.78, 5) is 23.1. The zero-order valence-electron chi connectivity index (χ0n) is 12.6. The summed E-state index contributed by atoms with van der Waals surface area (Å²) in [5.41, 5.74) is 2.06. The lowest BCUT2D eigenvalue weighted by Crippen LogP contribution is -2.06. The highest BCUT2D eigenvalue weighted by Gasteiger charge is 2.16. The number of thioether (sulfide) groups is 1. The van der Waals surface area contributed by atoms with Crippen molar-refractivity contribution in [1.82, 2.24) is 0 Å². The van der Waals surface area contributed by atoms with E-state index in [0.717, 1.165) is 11.1 Å². The van der Waals surface area contributed by atoms with Crippen molar-refractivity contribution in [2.75, 3.05) is 0 Å². The molecule has 0 fully saturated rings. The maximum Gasteiger partial charge on any atom is 0.308 e. The summed E-state index contributed by atoms with van der Waals surface area (Å²) in [6, 6.07) is 17.0. The summed E-state index contributed by atoms with van der Waals surface area (Å²) >= 11 is 1.32. The van der Waals surface area contributed by atoms with Gasteiger partial charge >= 0.3 is 5.97 Å². The minimum Gasteiger partial charge on any atom is -0.427 e. The predicted octanol–water partition coefficient (Wildman–Crippen LogP) is 4.18. The summed E-state index contributed by atoms with van der Waals surface area (Å²) in [7, 11) is 0. The molecule has 114 valence electrons. The van der Waals surface area contributed by atoms with Crippen molar-refractivity contribution in [3.05, 3.63) is 65.7 Å². The molecular formula is C18H18O3S. The summed E-state index contributed by atoms with van der Waals surface area (Å²) in [6.07, 6.45) is 0. The summed E-state index contributed by atoms with van der Waals surface area (Å²) in [5.74, 6) is 0.624. The van der Waals surface area contributed by atoms with E-state index in [0.29, 0.717) is 11.5 Å². The fourth-order valence-corrected chi connectivity index (χ4v) is 2.87. The Morgan fingerprint density at radius 1 is 1.05 bits per heavy atom. The van der Waals surface area contributed by atoms with Crippen molar-refractivity contribution in [2.45, 2.75) is 25.5 Å². The van der Waals surface area contributed by atoms with Gasteiger partial charge in [-0.05, 0) is 23.3 Å². The Bertz CT molecular complexity index is 635. The third kappa shape index (κ3) is 4.74. The molecule has 0 bridgehead atoms. The van der Waals surface area contributed by atoms with Crippen LogP contribution in [0.25, 0.3) is 0 Å². The molecule has 0 aromatic heterocycles. The van der Waals surface area contributed by atoms with Crippen molar-refractivity contribution in [3.63, 3.8) is 0 Å². The molecule has 0 N–H and O–H groups in total. The molecular weight excluding hydrogens is 296 g/mol. The molecule has 0 amide bonds. The molecule has 0 aliphatic rings. The number of rotatable bonds is 5. The molecule has 22 heavy (non-hydrogen) atoms. The molecule has 0 radical (unpaired) electrons. The lowest BCUT2D eigenvalue weighted by molar-refractivity contribution is -0.131. The highest BCUT2D eigenvalue weighted by molar-refractivity contribution is 8.13. The maximum atomic E-state index is 12.3. The summed E-state index contributed by atoms with van der Waals surface area (Å²) in [6.45, 7) is 3.25. The molecule has 0 heterocycles. The Balaban J connectivity index is 1.93. The molecule has 2 aromatic carbocycles. The number of carbonyl (C=O) groups is 2. The Labute approximate surface area is 134 Å². The van der Waals surface area contributed by atoms with Crippen molar-refractivity contribution in [3.8, 4) is 5.75 Å². The minimum atomic E-state index is -0.352. The van der Waals surface area contributed by atoms with Crippen LogP contribution in [-0.4, -0.2) is 11.1 Å². The molecule has 0 spiro atoms. The maximum absolute atomic E-state index is 12.3. The standard InChI is InChI=1S/C18H18O3S/c1-13(16-8-10-17(11-9-16)21-14(2)19)18(20)22-12-15-6-4-3-5-7-15/h3-11,13H,12H2,1-2H3/t13-/m1/s1. The van der Waals surface area contributed by atoms with Crippen LogP contribution in [0.4, 0.5) is 0 Å². The zero-order valence-corrected chi connectivity index (χ0v) is 13.4. The van der Waals surface area contributed by atoms with Crippen LogP contribution in [0, 0.1) is 0 Å². The van der Waals surface area contributed by atoms with E-state index in [-0.39, 0.29) is 17.0 Å². The number of hydrogen-bond donors (Lipinski definition) is 0. The van der Waals surface area contributed by atoms with Gasteiger partial charge in [-0.2, -0.15) is 0 Å². The fourth-order valence-electron chi connectivity index (χ4n) is 1.98. The Hall–Kier alpha value is -2.07. The van der Waals surface area contributed by atoms with Gasteiger partial charge in [0.05, 0.1) is 5.92 Å². The fraction of sp³-hybridized carbons (Fsp3) is 0.222. The van der Waals surface area contributed by atoms with Crippen LogP contribution in [0.2, 0.25) is 0 Å². The number of ether oxygens (including phenoxy) is 1. The van der Waals surface area contributed by atoms with E-state index >= 15 is 0 Å². The number of esters is 1. The second-order valence-corrected chi connectivity index (χ2v) is 5.96. The number of benzene rings is 2. The summed E-state index contributed by atoms with van der Waals surface area (Å²) < 4.78 is 4.99. The van der Waals surface area contributed by atoms with Gasteiger partial charge < -0.3 is 4.74 Å². The molecule has 0 unspecified atom stereocenters. The van der Waals surface area contributed by atoms with E-state index in [9.17, 15) is 9.59 Å². The first-order valence-electron chi connectivity index (χ1n) is 7.05. The molecule has 0 saturated heterocycles. The van der Waals surface area contributed by atoms with Crippen LogP contribution in [0.15, 0.2) is 54.6 Å². The van der Waals surface area contributed by atoms with Crippen LogP contribution in [0.1, 0.15) is 30.9 Å². The third-order valence-electron chi connectivity index (χ3n) is 3.22. The Morgan fingerprint density at radius 3 is 2.27 bits per heavy atom. The zero-order chi connectivity index (χ0) is 15.9. The van der Waals surface area contributed by atoms with Crippen molar-refractivity contribution in [1.29, 1.82) is 0 Å². The van der Waals surface area contributed by atoms with E-state index in [1.54, 1.807) is 12.1 Å². The lowest BCUT2D eigenvalue weighted by Gasteiger charge is -2.11. The first-order chi connectivity index (χ1) is 10.6. The predicted molar refractivity (Wildman–Crippen MR) is 88.9 cm³/mol. The molecule has 0 aliphatic heterocycles. The van der Waals surface area contributed by atoms with E-state index in [2.05, 4.69) is 0 Å². The van der Waals surface area contributed by atoms with Gasteiger partial charge in [-0.1, -0.05) is 61.2 Å². The second kappa shape index (κ2) is 7.80. The van der Waals surface area contributed by atoms with Crippen molar-refractivity contribution >= 4 is 22.8 Å². The van der Waals surface area contributed by atoms with Gasteiger partial charge in [0.15, 0.2) is 5.12 Å². The van der Waals surface area contributed by atoms with E-state index in [1.165, 1.54) is 18.7 Å². The highest BCUT2D eigenvalue weighted by Crippen LogP contribution is 2.26. The minimum absolute atomic E-state index is 0.129. The van der Waals surface area contributed by atoms with E-state index in [1.807, 2.05) is 49.4 Å². The van der Waals surface area contributed by atoms with Crippen LogP contribution in [-0.2, 0) is 15.3 Å². The summed E-state index contributed by atoms with van der Waals surface area (Å²) in [5, 5.41) is 0.129. The third-order valence-corrected chi connectivity index (χ3v) is 4.33. The van der Waals surface area contributed by atoms with Crippen molar-refractivity contribution < 1.29 is 14.3 Å². The Kier molecular flexibility index (Phi) is 5.78. The van der Waals surface area contributed by atoms with Gasteiger partial charge in [-0.3, -0.25) is 9.59 Å². The Morgan fingerprint density at radius 2 is 1.68 bits per heavy atom. The number of carbonyl (C=O) groups excluding carboxylic acids is 2. The SMILES string of the molecule is CC(=O)Oc1ccc([C@@H](C)C(=O)SCc2ccccc2)cc1.